The van der Waals surface area contributed by atoms with Crippen molar-refractivity contribution in [2.45, 2.75) is 17.9 Å². The molecule has 0 unspecified atom stereocenters. The molecule has 0 atom stereocenters. The Labute approximate surface area is 170 Å². The predicted octanol–water partition coefficient (Wildman–Crippen LogP) is 2.28. The van der Waals surface area contributed by atoms with Crippen molar-refractivity contribution in [3.8, 4) is 11.3 Å². The van der Waals surface area contributed by atoms with Crippen LogP contribution in [0.2, 0.25) is 0 Å². The third-order valence-electron chi connectivity index (χ3n) is 3.79. The smallest absolute Gasteiger partial charge is 0.266 e. The number of pyridine rings is 1. The molecule has 0 radical (unpaired) electrons. The van der Waals surface area contributed by atoms with Gasteiger partial charge in [0, 0.05) is 40.7 Å². The predicted molar refractivity (Wildman–Crippen MR) is 111 cm³/mol. The van der Waals surface area contributed by atoms with Crippen molar-refractivity contribution in [1.29, 1.82) is 0 Å². The molecule has 7 nitrogen and oxygen atoms in total. The minimum Gasteiger partial charge on any atom is -0.268 e. The third-order valence-corrected chi connectivity index (χ3v) is 5.98. The zero-order valence-corrected chi connectivity index (χ0v) is 17.2. The van der Waals surface area contributed by atoms with Crippen molar-refractivity contribution in [2.24, 2.45) is 0 Å². The second-order valence-electron chi connectivity index (χ2n) is 5.73. The van der Waals surface area contributed by atoms with Gasteiger partial charge in [0.1, 0.15) is 0 Å². The number of hydrogen-bond donors (Lipinski definition) is 1. The molecule has 0 aliphatic heterocycles. The number of nitrogens with zero attached hydrogens (tertiary/aromatic N) is 3. The van der Waals surface area contributed by atoms with E-state index in [0.29, 0.717) is 18.7 Å². The molecule has 140 valence electrons. The standard InChI is InChI=1S/C18H17IN4O3S/c19-15-4-6-16(7-5-15)27(25,26)21-11-2-12-23-18(24)9-8-17(22-23)14-3-1-10-20-13-14/h1,3-10,13,21H,2,11-12H2. The number of sulfonamides is 1. The highest BCUT2D eigenvalue weighted by molar-refractivity contribution is 14.1. The molecule has 0 bridgehead atoms. The highest BCUT2D eigenvalue weighted by Gasteiger charge is 2.13. The van der Waals surface area contributed by atoms with E-state index in [1.807, 2.05) is 6.07 Å². The Morgan fingerprint density at radius 3 is 2.56 bits per heavy atom. The Hall–Kier alpha value is -2.11. The molecule has 2 heterocycles. The lowest BCUT2D eigenvalue weighted by atomic mass is 10.2. The van der Waals surface area contributed by atoms with Gasteiger partial charge < -0.3 is 0 Å². The number of hydrogen-bond acceptors (Lipinski definition) is 5. The summed E-state index contributed by atoms with van der Waals surface area (Å²) < 4.78 is 29.4. The first-order valence-electron chi connectivity index (χ1n) is 8.19. The lowest BCUT2D eigenvalue weighted by Gasteiger charge is -2.09. The van der Waals surface area contributed by atoms with Gasteiger partial charge in [-0.05, 0) is 71.5 Å². The van der Waals surface area contributed by atoms with E-state index in [4.69, 9.17) is 0 Å². The molecule has 0 aliphatic rings. The lowest BCUT2D eigenvalue weighted by Crippen LogP contribution is -2.28. The minimum absolute atomic E-state index is 0.208. The molecule has 1 N–H and O–H groups in total. The average molecular weight is 496 g/mol. The number of aryl methyl sites for hydroxylation is 1. The second-order valence-corrected chi connectivity index (χ2v) is 8.74. The molecule has 27 heavy (non-hydrogen) atoms. The molecule has 0 saturated carbocycles. The van der Waals surface area contributed by atoms with E-state index in [1.54, 1.807) is 48.8 Å². The maximum atomic E-state index is 12.3. The van der Waals surface area contributed by atoms with Crippen LogP contribution in [0.5, 0.6) is 0 Å². The van der Waals surface area contributed by atoms with Crippen LogP contribution < -0.4 is 10.3 Å². The largest absolute Gasteiger partial charge is 0.268 e. The summed E-state index contributed by atoms with van der Waals surface area (Å²) in [4.78, 5) is 16.3. The Morgan fingerprint density at radius 1 is 1.07 bits per heavy atom. The fourth-order valence-corrected chi connectivity index (χ4v) is 3.84. The molecule has 3 rings (SSSR count). The molecule has 0 amide bonds. The molecule has 3 aromatic rings. The first-order valence-corrected chi connectivity index (χ1v) is 10.8. The minimum atomic E-state index is -3.56. The first-order chi connectivity index (χ1) is 13.0. The van der Waals surface area contributed by atoms with Crippen LogP contribution in [0.4, 0.5) is 0 Å². The number of nitrogens with one attached hydrogen (secondary N) is 1. The van der Waals surface area contributed by atoms with Crippen molar-refractivity contribution < 1.29 is 8.42 Å². The van der Waals surface area contributed by atoms with Crippen LogP contribution >= 0.6 is 22.6 Å². The van der Waals surface area contributed by atoms with Gasteiger partial charge in [0.2, 0.25) is 10.0 Å². The van der Waals surface area contributed by atoms with Gasteiger partial charge in [0.05, 0.1) is 10.6 Å². The molecule has 9 heteroatoms. The fraction of sp³-hybridized carbons (Fsp3) is 0.167. The summed E-state index contributed by atoms with van der Waals surface area (Å²) in [6.07, 6.45) is 3.78. The monoisotopic (exact) mass is 496 g/mol. The Balaban J connectivity index is 1.62. The van der Waals surface area contributed by atoms with Crippen LogP contribution in [0.25, 0.3) is 11.3 Å². The number of rotatable bonds is 7. The van der Waals surface area contributed by atoms with Crippen LogP contribution in [-0.2, 0) is 16.6 Å². The Bertz CT molecular complexity index is 1070. The van der Waals surface area contributed by atoms with Crippen molar-refractivity contribution >= 4 is 32.6 Å². The number of benzene rings is 1. The van der Waals surface area contributed by atoms with Gasteiger partial charge in [0.25, 0.3) is 5.56 Å². The van der Waals surface area contributed by atoms with Crippen molar-refractivity contribution in [3.63, 3.8) is 0 Å². The van der Waals surface area contributed by atoms with Crippen LogP contribution in [-0.4, -0.2) is 29.7 Å². The number of halogens is 1. The maximum absolute atomic E-state index is 12.3. The van der Waals surface area contributed by atoms with E-state index in [1.165, 1.54) is 10.7 Å². The van der Waals surface area contributed by atoms with Crippen molar-refractivity contribution in [1.82, 2.24) is 19.5 Å². The van der Waals surface area contributed by atoms with Crippen LogP contribution in [0.1, 0.15) is 6.42 Å². The fourth-order valence-electron chi connectivity index (χ4n) is 2.41. The highest BCUT2D eigenvalue weighted by atomic mass is 127. The summed E-state index contributed by atoms with van der Waals surface area (Å²) in [5.74, 6) is 0. The molecular formula is C18H17IN4O3S. The molecule has 2 aromatic heterocycles. The maximum Gasteiger partial charge on any atom is 0.266 e. The van der Waals surface area contributed by atoms with Crippen LogP contribution in [0, 0.1) is 3.57 Å². The van der Waals surface area contributed by atoms with Gasteiger partial charge in [-0.3, -0.25) is 9.78 Å². The quantitative estimate of drug-likeness (QED) is 0.400. The second kappa shape index (κ2) is 8.72. The Kier molecular flexibility index (Phi) is 6.34. The third kappa shape index (κ3) is 5.21. The summed E-state index contributed by atoms with van der Waals surface area (Å²) in [7, 11) is -3.56. The highest BCUT2D eigenvalue weighted by Crippen LogP contribution is 2.13. The van der Waals surface area contributed by atoms with E-state index >= 15 is 0 Å². The van der Waals surface area contributed by atoms with Gasteiger partial charge in [-0.15, -0.1) is 0 Å². The molecular weight excluding hydrogens is 479 g/mol. The zero-order valence-electron chi connectivity index (χ0n) is 14.2. The van der Waals surface area contributed by atoms with Gasteiger partial charge in [-0.25, -0.2) is 17.8 Å². The van der Waals surface area contributed by atoms with Gasteiger partial charge >= 0.3 is 0 Å². The molecule has 1 aromatic carbocycles. The van der Waals surface area contributed by atoms with E-state index in [-0.39, 0.29) is 17.0 Å². The van der Waals surface area contributed by atoms with Crippen LogP contribution in [0.15, 0.2) is 70.6 Å². The SMILES string of the molecule is O=c1ccc(-c2cccnc2)nn1CCCNS(=O)(=O)c1ccc(I)cc1. The average Bonchev–Trinajstić information content (AvgIpc) is 2.67. The van der Waals surface area contributed by atoms with Crippen molar-refractivity contribution in [3.05, 3.63) is 74.8 Å². The normalized spacial score (nSPS) is 11.4. The Morgan fingerprint density at radius 2 is 1.85 bits per heavy atom. The molecule has 0 aliphatic carbocycles. The lowest BCUT2D eigenvalue weighted by molar-refractivity contribution is 0.536. The van der Waals surface area contributed by atoms with E-state index in [2.05, 4.69) is 37.4 Å². The van der Waals surface area contributed by atoms with Crippen molar-refractivity contribution in [2.75, 3.05) is 6.54 Å². The molecule has 0 saturated heterocycles. The van der Waals surface area contributed by atoms with E-state index in [0.717, 1.165) is 9.13 Å². The summed E-state index contributed by atoms with van der Waals surface area (Å²) >= 11 is 2.12. The van der Waals surface area contributed by atoms with Crippen LogP contribution in [0.3, 0.4) is 0 Å². The van der Waals surface area contributed by atoms with Gasteiger partial charge in [-0.1, -0.05) is 0 Å². The topological polar surface area (TPSA) is 93.9 Å². The van der Waals surface area contributed by atoms with E-state index in [9.17, 15) is 13.2 Å². The summed E-state index contributed by atoms with van der Waals surface area (Å²) in [5, 5.41) is 4.33. The van der Waals surface area contributed by atoms with E-state index < -0.39 is 10.0 Å². The molecule has 0 fully saturated rings. The first kappa shape index (κ1) is 19.6. The summed E-state index contributed by atoms with van der Waals surface area (Å²) in [6.45, 7) is 0.516. The number of aromatic nitrogens is 3. The van der Waals surface area contributed by atoms with Gasteiger partial charge in [0.15, 0.2) is 0 Å². The van der Waals surface area contributed by atoms with Gasteiger partial charge in [-0.2, -0.15) is 5.10 Å². The summed E-state index contributed by atoms with van der Waals surface area (Å²) in [6, 6.07) is 13.4. The zero-order chi connectivity index (χ0) is 19.3. The summed E-state index contributed by atoms with van der Waals surface area (Å²) in [5.41, 5.74) is 1.22. The molecule has 0 spiro atoms.